The maximum Gasteiger partial charge on any atom is 0.184 e. The molecular formula is C8H10F2O2. The fourth-order valence-electron chi connectivity index (χ4n) is 1.11. The third-order valence-corrected chi connectivity index (χ3v) is 1.78. The highest BCUT2D eigenvalue weighted by Crippen LogP contribution is 2.27. The summed E-state index contributed by atoms with van der Waals surface area (Å²) in [5.41, 5.74) is -2.13. The van der Waals surface area contributed by atoms with Gasteiger partial charge < -0.3 is 9.84 Å². The number of ether oxygens (including phenoxy) is 1. The molecule has 1 aliphatic rings. The van der Waals surface area contributed by atoms with Gasteiger partial charge >= 0.3 is 0 Å². The molecule has 1 N–H and O–H groups in total. The molecule has 0 heterocycles. The SMILES string of the molecule is COC1C=CC(F)=CC1(F)CO. The molecule has 2 atom stereocenters. The molecule has 0 aromatic rings. The van der Waals surface area contributed by atoms with Crippen LogP contribution >= 0.6 is 0 Å². The van der Waals surface area contributed by atoms with Crippen LogP contribution in [0.1, 0.15) is 0 Å². The number of alkyl halides is 1. The van der Waals surface area contributed by atoms with Crippen molar-refractivity contribution in [2.75, 3.05) is 13.7 Å². The van der Waals surface area contributed by atoms with Crippen LogP contribution in [0.5, 0.6) is 0 Å². The lowest BCUT2D eigenvalue weighted by Gasteiger charge is -2.28. The molecule has 2 unspecified atom stereocenters. The summed E-state index contributed by atoms with van der Waals surface area (Å²) in [4.78, 5) is 0. The second-order valence-electron chi connectivity index (χ2n) is 2.63. The Hall–Kier alpha value is -0.740. The van der Waals surface area contributed by atoms with Crippen LogP contribution in [-0.4, -0.2) is 30.6 Å². The van der Waals surface area contributed by atoms with Crippen molar-refractivity contribution in [3.63, 3.8) is 0 Å². The Morgan fingerprint density at radius 1 is 1.75 bits per heavy atom. The summed E-state index contributed by atoms with van der Waals surface area (Å²) in [6.07, 6.45) is 2.16. The zero-order valence-electron chi connectivity index (χ0n) is 6.63. The quantitative estimate of drug-likeness (QED) is 0.683. The zero-order valence-corrected chi connectivity index (χ0v) is 6.63. The van der Waals surface area contributed by atoms with Crippen molar-refractivity contribution >= 4 is 0 Å². The summed E-state index contributed by atoms with van der Waals surface area (Å²) in [7, 11) is 1.30. The van der Waals surface area contributed by atoms with E-state index in [-0.39, 0.29) is 0 Å². The van der Waals surface area contributed by atoms with Gasteiger partial charge in [-0.25, -0.2) is 8.78 Å². The van der Waals surface area contributed by atoms with Gasteiger partial charge in [-0.1, -0.05) is 0 Å². The average Bonchev–Trinajstić information content (AvgIpc) is 2.05. The van der Waals surface area contributed by atoms with Crippen LogP contribution in [0.2, 0.25) is 0 Å². The molecule has 4 heteroatoms. The molecule has 2 nitrogen and oxygen atoms in total. The van der Waals surface area contributed by atoms with Crippen LogP contribution in [-0.2, 0) is 4.74 Å². The van der Waals surface area contributed by atoms with Gasteiger partial charge in [0.1, 0.15) is 11.9 Å². The van der Waals surface area contributed by atoms with E-state index in [1.807, 2.05) is 0 Å². The van der Waals surface area contributed by atoms with Gasteiger partial charge in [-0.15, -0.1) is 0 Å². The topological polar surface area (TPSA) is 29.5 Å². The highest BCUT2D eigenvalue weighted by atomic mass is 19.1. The largest absolute Gasteiger partial charge is 0.393 e. The molecule has 0 amide bonds. The molecular weight excluding hydrogens is 166 g/mol. The monoisotopic (exact) mass is 176 g/mol. The van der Waals surface area contributed by atoms with E-state index < -0.39 is 24.2 Å². The zero-order chi connectivity index (χ0) is 9.19. The van der Waals surface area contributed by atoms with Gasteiger partial charge in [-0.2, -0.15) is 0 Å². The Balaban J connectivity index is 2.88. The number of hydrogen-bond acceptors (Lipinski definition) is 2. The smallest absolute Gasteiger partial charge is 0.184 e. The van der Waals surface area contributed by atoms with E-state index >= 15 is 0 Å². The first-order chi connectivity index (χ1) is 5.62. The summed E-state index contributed by atoms with van der Waals surface area (Å²) >= 11 is 0. The number of methoxy groups -OCH3 is 1. The van der Waals surface area contributed by atoms with Crippen molar-refractivity contribution in [3.05, 3.63) is 24.1 Å². The number of halogens is 2. The van der Waals surface area contributed by atoms with Crippen molar-refractivity contribution in [2.45, 2.75) is 11.8 Å². The van der Waals surface area contributed by atoms with Crippen molar-refractivity contribution < 1.29 is 18.6 Å². The molecule has 12 heavy (non-hydrogen) atoms. The van der Waals surface area contributed by atoms with Crippen LogP contribution in [0.3, 0.4) is 0 Å². The van der Waals surface area contributed by atoms with Crippen molar-refractivity contribution in [3.8, 4) is 0 Å². The molecule has 0 saturated heterocycles. The molecule has 1 aliphatic carbocycles. The molecule has 68 valence electrons. The van der Waals surface area contributed by atoms with Crippen LogP contribution in [0.15, 0.2) is 24.1 Å². The second-order valence-corrected chi connectivity index (χ2v) is 2.63. The van der Waals surface area contributed by atoms with E-state index in [2.05, 4.69) is 0 Å². The minimum atomic E-state index is -2.13. The van der Waals surface area contributed by atoms with Crippen molar-refractivity contribution in [1.29, 1.82) is 0 Å². The number of hydrogen-bond donors (Lipinski definition) is 1. The molecule has 0 aliphatic heterocycles. The van der Waals surface area contributed by atoms with E-state index in [4.69, 9.17) is 9.84 Å². The lowest BCUT2D eigenvalue weighted by molar-refractivity contribution is -0.0147. The molecule has 0 saturated carbocycles. The summed E-state index contributed by atoms with van der Waals surface area (Å²) in [5.74, 6) is -0.695. The molecule has 0 bridgehead atoms. The van der Waals surface area contributed by atoms with Gasteiger partial charge in [0, 0.05) is 7.11 Å². The van der Waals surface area contributed by atoms with E-state index in [1.54, 1.807) is 0 Å². The Bertz CT molecular complexity index is 225. The lowest BCUT2D eigenvalue weighted by atomic mass is 9.94. The highest BCUT2D eigenvalue weighted by molar-refractivity contribution is 5.27. The lowest BCUT2D eigenvalue weighted by Crippen LogP contribution is -2.41. The maximum absolute atomic E-state index is 13.5. The first-order valence-corrected chi connectivity index (χ1v) is 3.51. The van der Waals surface area contributed by atoms with Gasteiger partial charge in [0.15, 0.2) is 5.67 Å². The third kappa shape index (κ3) is 1.54. The Morgan fingerprint density at radius 3 is 2.92 bits per heavy atom. The van der Waals surface area contributed by atoms with E-state index in [9.17, 15) is 8.78 Å². The maximum atomic E-state index is 13.5. The number of aliphatic hydroxyl groups is 1. The number of rotatable bonds is 2. The van der Waals surface area contributed by atoms with Gasteiger partial charge in [0.05, 0.1) is 6.61 Å². The van der Waals surface area contributed by atoms with Gasteiger partial charge in [0.2, 0.25) is 0 Å². The van der Waals surface area contributed by atoms with Crippen LogP contribution in [0, 0.1) is 0 Å². The van der Waals surface area contributed by atoms with Crippen molar-refractivity contribution in [1.82, 2.24) is 0 Å². The summed E-state index contributed by atoms with van der Waals surface area (Å²) < 4.78 is 30.7. The predicted molar refractivity (Wildman–Crippen MR) is 40.1 cm³/mol. The van der Waals surface area contributed by atoms with Gasteiger partial charge in [-0.3, -0.25) is 0 Å². The van der Waals surface area contributed by atoms with Crippen LogP contribution in [0.25, 0.3) is 0 Å². The minimum Gasteiger partial charge on any atom is -0.393 e. The average molecular weight is 176 g/mol. The highest BCUT2D eigenvalue weighted by Gasteiger charge is 2.38. The third-order valence-electron chi connectivity index (χ3n) is 1.78. The summed E-state index contributed by atoms with van der Waals surface area (Å²) in [6, 6.07) is 0. The molecule has 0 radical (unpaired) electrons. The summed E-state index contributed by atoms with van der Waals surface area (Å²) in [5, 5.41) is 8.67. The van der Waals surface area contributed by atoms with E-state index in [0.717, 1.165) is 12.2 Å². The fourth-order valence-corrected chi connectivity index (χ4v) is 1.11. The predicted octanol–water partition coefficient (Wildman–Crippen LogP) is 1.13. The Labute approximate surface area is 69.1 Å². The van der Waals surface area contributed by atoms with E-state index in [0.29, 0.717) is 0 Å². The minimum absolute atomic E-state index is 0.695. The van der Waals surface area contributed by atoms with Crippen LogP contribution in [0.4, 0.5) is 8.78 Å². The fraction of sp³-hybridized carbons (Fsp3) is 0.500. The van der Waals surface area contributed by atoms with Crippen molar-refractivity contribution in [2.24, 2.45) is 0 Å². The standard InChI is InChI=1S/C8H10F2O2/c1-12-7-3-2-6(9)4-8(7,10)5-11/h2-4,7,11H,5H2,1H3. The van der Waals surface area contributed by atoms with Gasteiger partial charge in [0.25, 0.3) is 0 Å². The number of allylic oxidation sites excluding steroid dienone is 2. The Kier molecular flexibility index (Phi) is 2.59. The van der Waals surface area contributed by atoms with Crippen LogP contribution < -0.4 is 0 Å². The summed E-state index contributed by atoms with van der Waals surface area (Å²) in [6.45, 7) is -0.788. The van der Waals surface area contributed by atoms with E-state index in [1.165, 1.54) is 13.2 Å². The van der Waals surface area contributed by atoms with Gasteiger partial charge in [-0.05, 0) is 18.2 Å². The molecule has 0 aromatic carbocycles. The molecule has 1 rings (SSSR count). The first kappa shape index (κ1) is 9.35. The number of aliphatic hydroxyl groups excluding tert-OH is 1. The molecule has 0 spiro atoms. The normalized spacial score (nSPS) is 35.0. The second kappa shape index (κ2) is 3.33. The molecule has 0 fully saturated rings. The Morgan fingerprint density at radius 2 is 2.42 bits per heavy atom. The molecule has 0 aromatic heterocycles. The first-order valence-electron chi connectivity index (χ1n) is 3.51.